The molecular formula is C22H23ClN2O2. The van der Waals surface area contributed by atoms with Gasteiger partial charge in [-0.25, -0.2) is 4.90 Å². The number of benzene rings is 1. The van der Waals surface area contributed by atoms with Gasteiger partial charge in [-0.15, -0.1) is 6.42 Å². The van der Waals surface area contributed by atoms with Gasteiger partial charge in [0.2, 0.25) is 11.6 Å². The number of carbonyl (C=O) groups is 1. The van der Waals surface area contributed by atoms with Gasteiger partial charge in [0.1, 0.15) is 0 Å². The van der Waals surface area contributed by atoms with E-state index in [0.29, 0.717) is 23.6 Å². The Morgan fingerprint density at radius 3 is 2.93 bits per heavy atom. The zero-order valence-electron chi connectivity index (χ0n) is 15.9. The Morgan fingerprint density at radius 2 is 2.26 bits per heavy atom. The van der Waals surface area contributed by atoms with Gasteiger partial charge in [-0.3, -0.25) is 4.79 Å². The first kappa shape index (κ1) is 19.3. The Labute approximate surface area is 165 Å². The van der Waals surface area contributed by atoms with Gasteiger partial charge in [0.15, 0.2) is 0 Å². The van der Waals surface area contributed by atoms with Crippen LogP contribution in [0.2, 0.25) is 5.02 Å². The summed E-state index contributed by atoms with van der Waals surface area (Å²) >= 11 is 6.36. The van der Waals surface area contributed by atoms with Crippen LogP contribution < -0.4 is 4.90 Å². The summed E-state index contributed by atoms with van der Waals surface area (Å²) in [4.78, 5) is 16.5. The zero-order chi connectivity index (χ0) is 19.8. The van der Waals surface area contributed by atoms with Crippen LogP contribution >= 0.6 is 11.6 Å². The van der Waals surface area contributed by atoms with Crippen LogP contribution in [-0.4, -0.2) is 30.9 Å². The molecule has 0 bridgehead atoms. The van der Waals surface area contributed by atoms with Crippen molar-refractivity contribution >= 4 is 23.2 Å². The van der Waals surface area contributed by atoms with Crippen LogP contribution in [0.5, 0.6) is 0 Å². The third-order valence-electron chi connectivity index (χ3n) is 5.13. The first-order chi connectivity index (χ1) is 12.8. The summed E-state index contributed by atoms with van der Waals surface area (Å²) in [7, 11) is 1.78. The van der Waals surface area contributed by atoms with Gasteiger partial charge in [-0.05, 0) is 49.3 Å². The van der Waals surface area contributed by atoms with Gasteiger partial charge in [0.05, 0.1) is 18.0 Å². The standard InChI is InChI=1S/C22H23ClN2O2/c1-6-15(3)12-17(7-2)22-19-13-18(23)8-9-20(19)24(5)21(26)14-25(22)11-10-16(4)27-22/h1,7-10,13H,3,11-12,14H2,2,4-5H3/b17-7+. The maximum atomic E-state index is 12.8. The molecule has 4 nitrogen and oxygen atoms in total. The van der Waals surface area contributed by atoms with Crippen LogP contribution in [-0.2, 0) is 15.3 Å². The Morgan fingerprint density at radius 1 is 1.52 bits per heavy atom. The van der Waals surface area contributed by atoms with Crippen molar-refractivity contribution in [1.82, 2.24) is 4.90 Å². The van der Waals surface area contributed by atoms with E-state index in [1.54, 1.807) is 18.0 Å². The Hall–Kier alpha value is -2.48. The molecule has 1 amide bonds. The van der Waals surface area contributed by atoms with E-state index in [0.717, 1.165) is 22.6 Å². The molecule has 2 aliphatic rings. The number of ether oxygens (including phenoxy) is 1. The SMILES string of the molecule is C#CC(=C)C/C(=C\C)C12OC(C)=CCN1CC(=O)N(C)c1ccc(Cl)cc12. The number of hydrogen-bond donors (Lipinski definition) is 0. The molecule has 0 saturated heterocycles. The Bertz CT molecular complexity index is 909. The molecule has 0 aromatic heterocycles. The number of anilines is 1. The summed E-state index contributed by atoms with van der Waals surface area (Å²) in [5, 5.41) is 0.581. The first-order valence-electron chi connectivity index (χ1n) is 8.81. The third-order valence-corrected chi connectivity index (χ3v) is 5.37. The van der Waals surface area contributed by atoms with E-state index in [1.807, 2.05) is 43.0 Å². The molecule has 0 saturated carbocycles. The maximum absolute atomic E-state index is 12.8. The van der Waals surface area contributed by atoms with Crippen molar-refractivity contribution < 1.29 is 9.53 Å². The quantitative estimate of drug-likeness (QED) is 0.579. The minimum Gasteiger partial charge on any atom is -0.469 e. The molecule has 0 aliphatic carbocycles. The van der Waals surface area contributed by atoms with Crippen LogP contribution in [0.4, 0.5) is 5.69 Å². The van der Waals surface area contributed by atoms with E-state index < -0.39 is 5.72 Å². The Balaban J connectivity index is 2.33. The number of carbonyl (C=O) groups excluding carboxylic acids is 1. The van der Waals surface area contributed by atoms with Crippen LogP contribution in [0, 0.1) is 12.3 Å². The fourth-order valence-electron chi connectivity index (χ4n) is 3.72. The predicted octanol–water partition coefficient (Wildman–Crippen LogP) is 4.23. The lowest BCUT2D eigenvalue weighted by Crippen LogP contribution is -2.52. The fourth-order valence-corrected chi connectivity index (χ4v) is 3.90. The molecular weight excluding hydrogens is 360 g/mol. The van der Waals surface area contributed by atoms with Gasteiger partial charge in [0.25, 0.3) is 0 Å². The molecule has 1 aromatic rings. The van der Waals surface area contributed by atoms with Gasteiger partial charge < -0.3 is 9.64 Å². The zero-order valence-corrected chi connectivity index (χ0v) is 16.6. The second-order valence-corrected chi connectivity index (χ2v) is 7.23. The van der Waals surface area contributed by atoms with E-state index >= 15 is 0 Å². The molecule has 1 aromatic carbocycles. The average Bonchev–Trinajstić information content (AvgIpc) is 2.74. The van der Waals surface area contributed by atoms with Crippen molar-refractivity contribution in [3.63, 3.8) is 0 Å². The summed E-state index contributed by atoms with van der Waals surface area (Å²) in [6, 6.07) is 5.52. The van der Waals surface area contributed by atoms with Crippen molar-refractivity contribution in [2.45, 2.75) is 26.0 Å². The minimum absolute atomic E-state index is 0.0109. The van der Waals surface area contributed by atoms with Crippen LogP contribution in [0.1, 0.15) is 25.8 Å². The monoisotopic (exact) mass is 382 g/mol. The molecule has 2 heterocycles. The molecule has 27 heavy (non-hydrogen) atoms. The summed E-state index contributed by atoms with van der Waals surface area (Å²) in [5.74, 6) is 3.39. The molecule has 0 radical (unpaired) electrons. The molecule has 3 rings (SSSR count). The molecule has 2 aliphatic heterocycles. The van der Waals surface area contributed by atoms with Crippen molar-refractivity contribution in [2.75, 3.05) is 25.0 Å². The molecule has 140 valence electrons. The highest BCUT2D eigenvalue weighted by atomic mass is 35.5. The summed E-state index contributed by atoms with van der Waals surface area (Å²) < 4.78 is 6.51. The summed E-state index contributed by atoms with van der Waals surface area (Å²) in [6.45, 7) is 8.63. The number of rotatable bonds is 3. The number of terminal acetylenes is 1. The lowest BCUT2D eigenvalue weighted by atomic mass is 9.86. The van der Waals surface area contributed by atoms with E-state index in [1.165, 1.54) is 0 Å². The highest BCUT2D eigenvalue weighted by molar-refractivity contribution is 6.30. The van der Waals surface area contributed by atoms with Gasteiger partial charge >= 0.3 is 0 Å². The van der Waals surface area contributed by atoms with E-state index in [2.05, 4.69) is 12.5 Å². The third kappa shape index (κ3) is 3.18. The number of amides is 1. The number of fused-ring (bicyclic) bond motifs is 3. The maximum Gasteiger partial charge on any atom is 0.241 e. The van der Waals surface area contributed by atoms with Gasteiger partial charge in [0, 0.05) is 30.6 Å². The van der Waals surface area contributed by atoms with Crippen molar-refractivity contribution in [1.29, 1.82) is 0 Å². The first-order valence-corrected chi connectivity index (χ1v) is 9.18. The highest BCUT2D eigenvalue weighted by Gasteiger charge is 2.50. The van der Waals surface area contributed by atoms with Crippen molar-refractivity contribution in [3.05, 3.63) is 64.4 Å². The molecule has 5 heteroatoms. The number of halogens is 1. The van der Waals surface area contributed by atoms with Crippen molar-refractivity contribution in [3.8, 4) is 12.3 Å². The molecule has 0 spiro atoms. The second kappa shape index (κ2) is 7.26. The lowest BCUT2D eigenvalue weighted by molar-refractivity contribution is -0.135. The lowest BCUT2D eigenvalue weighted by Gasteiger charge is -2.47. The minimum atomic E-state index is -0.964. The second-order valence-electron chi connectivity index (χ2n) is 6.79. The smallest absolute Gasteiger partial charge is 0.241 e. The highest BCUT2D eigenvalue weighted by Crippen LogP contribution is 2.48. The van der Waals surface area contributed by atoms with E-state index in [-0.39, 0.29) is 12.5 Å². The normalized spacial score (nSPS) is 22.8. The van der Waals surface area contributed by atoms with Gasteiger partial charge in [-0.1, -0.05) is 30.2 Å². The number of allylic oxidation sites excluding steroid dienone is 3. The van der Waals surface area contributed by atoms with E-state index in [9.17, 15) is 4.79 Å². The Kier molecular flexibility index (Phi) is 5.19. The fraction of sp³-hybridized carbons (Fsp3) is 0.318. The molecule has 0 N–H and O–H groups in total. The largest absolute Gasteiger partial charge is 0.469 e. The topological polar surface area (TPSA) is 32.8 Å². The van der Waals surface area contributed by atoms with Crippen LogP contribution in [0.15, 0.2) is 53.8 Å². The van der Waals surface area contributed by atoms with Crippen LogP contribution in [0.3, 0.4) is 0 Å². The summed E-state index contributed by atoms with van der Waals surface area (Å²) in [6.07, 6.45) is 10.0. The number of likely N-dealkylation sites (N-methyl/N-ethyl adjacent to an activating group) is 1. The molecule has 0 fully saturated rings. The average molecular weight is 383 g/mol. The van der Waals surface area contributed by atoms with Gasteiger partial charge in [-0.2, -0.15) is 0 Å². The molecule has 1 unspecified atom stereocenters. The summed E-state index contributed by atoms with van der Waals surface area (Å²) in [5.41, 5.74) is 2.22. The number of nitrogens with zero attached hydrogens (tertiary/aromatic N) is 2. The predicted molar refractivity (Wildman–Crippen MR) is 109 cm³/mol. The van der Waals surface area contributed by atoms with Crippen molar-refractivity contribution in [2.24, 2.45) is 0 Å². The van der Waals surface area contributed by atoms with E-state index in [4.69, 9.17) is 22.8 Å². The number of hydrogen-bond acceptors (Lipinski definition) is 3. The van der Waals surface area contributed by atoms with Crippen LogP contribution in [0.25, 0.3) is 0 Å². The molecule has 1 atom stereocenters.